The zero-order chi connectivity index (χ0) is 14.8. The first-order valence-electron chi connectivity index (χ1n) is 6.41. The number of carbonyl (C=O) groups excluding carboxylic acids is 2. The van der Waals surface area contributed by atoms with Gasteiger partial charge in [-0.05, 0) is 17.7 Å². The molecule has 0 bridgehead atoms. The summed E-state index contributed by atoms with van der Waals surface area (Å²) in [6.45, 7) is 0.203. The lowest BCUT2D eigenvalue weighted by Gasteiger charge is -2.19. The van der Waals surface area contributed by atoms with Gasteiger partial charge >= 0.3 is 0 Å². The summed E-state index contributed by atoms with van der Waals surface area (Å²) in [6.07, 6.45) is 2.32. The van der Waals surface area contributed by atoms with Crippen molar-refractivity contribution in [2.24, 2.45) is 0 Å². The number of para-hydroxylation sites is 1. The van der Waals surface area contributed by atoms with Crippen LogP contribution >= 0.6 is 0 Å². The highest BCUT2D eigenvalue weighted by Crippen LogP contribution is 2.21. The highest BCUT2D eigenvalue weighted by molar-refractivity contribution is 6.00. The van der Waals surface area contributed by atoms with Crippen molar-refractivity contribution in [3.05, 3.63) is 59.7 Å². The monoisotopic (exact) mass is 285 g/mol. The van der Waals surface area contributed by atoms with Crippen LogP contribution in [0.15, 0.2) is 42.7 Å². The largest absolute Gasteiger partial charge is 0.325 e. The molecule has 0 atom stereocenters. The van der Waals surface area contributed by atoms with E-state index in [1.165, 1.54) is 11.1 Å². The maximum absolute atomic E-state index is 13.2. The molecule has 0 spiro atoms. The number of hydrogen-bond acceptors (Lipinski definition) is 3. The molecule has 2 amide bonds. The van der Waals surface area contributed by atoms with E-state index in [0.29, 0.717) is 5.69 Å². The number of nitrogens with zero attached hydrogens (tertiary/aromatic N) is 2. The Labute approximate surface area is 120 Å². The van der Waals surface area contributed by atoms with E-state index in [9.17, 15) is 14.0 Å². The molecular formula is C15H12FN3O2. The summed E-state index contributed by atoms with van der Waals surface area (Å²) in [5, 5.41) is 2.75. The molecule has 1 aliphatic rings. The van der Waals surface area contributed by atoms with Gasteiger partial charge in [-0.2, -0.15) is 0 Å². The third-order valence-electron chi connectivity index (χ3n) is 3.23. The van der Waals surface area contributed by atoms with Crippen LogP contribution in [-0.4, -0.2) is 28.2 Å². The fourth-order valence-corrected chi connectivity index (χ4v) is 2.26. The maximum Gasteiger partial charge on any atom is 0.256 e. The number of pyridine rings is 1. The Kier molecular flexibility index (Phi) is 3.35. The topological polar surface area (TPSA) is 62.3 Å². The first-order chi connectivity index (χ1) is 10.1. The van der Waals surface area contributed by atoms with Gasteiger partial charge in [0.05, 0.1) is 11.8 Å². The number of hydrogen-bond donors (Lipinski definition) is 1. The van der Waals surface area contributed by atoms with Gasteiger partial charge in [-0.3, -0.25) is 14.6 Å². The SMILES string of the molecule is O=C1CN(C(=O)c2cncc(F)c2)Cc2ccccc2N1. The van der Waals surface area contributed by atoms with Gasteiger partial charge in [-0.1, -0.05) is 18.2 Å². The van der Waals surface area contributed by atoms with Crippen LogP contribution in [0.25, 0.3) is 0 Å². The molecule has 3 rings (SSSR count). The number of carbonyl (C=O) groups is 2. The number of benzene rings is 1. The summed E-state index contributed by atoms with van der Waals surface area (Å²) >= 11 is 0. The van der Waals surface area contributed by atoms with Gasteiger partial charge < -0.3 is 10.2 Å². The van der Waals surface area contributed by atoms with Crippen molar-refractivity contribution in [1.82, 2.24) is 9.88 Å². The van der Waals surface area contributed by atoms with Gasteiger partial charge in [0.1, 0.15) is 12.4 Å². The van der Waals surface area contributed by atoms with Crippen molar-refractivity contribution in [2.45, 2.75) is 6.54 Å². The molecule has 1 aliphatic heterocycles. The molecule has 2 aromatic rings. The van der Waals surface area contributed by atoms with Gasteiger partial charge in [-0.15, -0.1) is 0 Å². The molecule has 0 fully saturated rings. The van der Waals surface area contributed by atoms with E-state index in [0.717, 1.165) is 17.8 Å². The molecule has 0 saturated heterocycles. The number of amides is 2. The molecule has 0 aliphatic carbocycles. The normalized spacial score (nSPS) is 14.1. The van der Waals surface area contributed by atoms with Crippen LogP contribution in [0.1, 0.15) is 15.9 Å². The number of rotatable bonds is 1. The molecule has 1 aromatic carbocycles. The molecule has 0 saturated carbocycles. The first kappa shape index (κ1) is 13.2. The van der Waals surface area contributed by atoms with E-state index in [1.807, 2.05) is 18.2 Å². The standard InChI is InChI=1S/C15H12FN3O2/c16-12-5-11(6-17-7-12)15(21)19-8-10-3-1-2-4-13(10)18-14(20)9-19/h1-7H,8-9H2,(H,18,20). The highest BCUT2D eigenvalue weighted by atomic mass is 19.1. The van der Waals surface area contributed by atoms with Crippen molar-refractivity contribution < 1.29 is 14.0 Å². The lowest BCUT2D eigenvalue weighted by molar-refractivity contribution is -0.116. The molecule has 0 radical (unpaired) electrons. The minimum atomic E-state index is -0.583. The van der Waals surface area contributed by atoms with E-state index in [1.54, 1.807) is 6.07 Å². The molecule has 1 aromatic heterocycles. The number of nitrogens with one attached hydrogen (secondary N) is 1. The van der Waals surface area contributed by atoms with Crippen molar-refractivity contribution in [3.63, 3.8) is 0 Å². The molecular weight excluding hydrogens is 273 g/mol. The Balaban J connectivity index is 1.92. The second-order valence-electron chi connectivity index (χ2n) is 4.76. The summed E-state index contributed by atoms with van der Waals surface area (Å²) in [5.41, 5.74) is 1.65. The molecule has 6 heteroatoms. The summed E-state index contributed by atoms with van der Waals surface area (Å²) in [5.74, 6) is -1.29. The quantitative estimate of drug-likeness (QED) is 0.869. The summed E-state index contributed by atoms with van der Waals surface area (Å²) in [6, 6.07) is 8.38. The maximum atomic E-state index is 13.2. The summed E-state index contributed by atoms with van der Waals surface area (Å²) < 4.78 is 13.2. The summed E-state index contributed by atoms with van der Waals surface area (Å²) in [4.78, 5) is 29.3. The number of anilines is 1. The van der Waals surface area contributed by atoms with Gasteiger partial charge in [-0.25, -0.2) is 4.39 Å². The fourth-order valence-electron chi connectivity index (χ4n) is 2.26. The van der Waals surface area contributed by atoms with Crippen LogP contribution < -0.4 is 5.32 Å². The number of aromatic nitrogens is 1. The third-order valence-corrected chi connectivity index (χ3v) is 3.23. The lowest BCUT2D eigenvalue weighted by atomic mass is 10.1. The molecule has 5 nitrogen and oxygen atoms in total. The van der Waals surface area contributed by atoms with E-state index < -0.39 is 11.7 Å². The smallest absolute Gasteiger partial charge is 0.256 e. The van der Waals surface area contributed by atoms with Gasteiger partial charge in [0, 0.05) is 18.4 Å². The van der Waals surface area contributed by atoms with E-state index in [4.69, 9.17) is 0 Å². The fraction of sp³-hybridized carbons (Fsp3) is 0.133. The lowest BCUT2D eigenvalue weighted by Crippen LogP contribution is -2.35. The van der Waals surface area contributed by atoms with E-state index in [-0.39, 0.29) is 24.6 Å². The van der Waals surface area contributed by atoms with Crippen LogP contribution in [0, 0.1) is 5.82 Å². The second kappa shape index (κ2) is 5.32. The average molecular weight is 285 g/mol. The van der Waals surface area contributed by atoms with Crippen molar-refractivity contribution >= 4 is 17.5 Å². The Morgan fingerprint density at radius 3 is 2.86 bits per heavy atom. The number of halogens is 1. The van der Waals surface area contributed by atoms with Crippen LogP contribution in [0.5, 0.6) is 0 Å². The zero-order valence-electron chi connectivity index (χ0n) is 11.0. The third kappa shape index (κ3) is 2.74. The Morgan fingerprint density at radius 2 is 2.05 bits per heavy atom. The van der Waals surface area contributed by atoms with Crippen molar-refractivity contribution in [1.29, 1.82) is 0 Å². The van der Waals surface area contributed by atoms with Crippen molar-refractivity contribution in [3.8, 4) is 0 Å². The second-order valence-corrected chi connectivity index (χ2v) is 4.76. The van der Waals surface area contributed by atoms with Gasteiger partial charge in [0.25, 0.3) is 5.91 Å². The van der Waals surface area contributed by atoms with Crippen LogP contribution in [0.2, 0.25) is 0 Å². The number of fused-ring (bicyclic) bond motifs is 1. The Morgan fingerprint density at radius 1 is 1.24 bits per heavy atom. The first-order valence-corrected chi connectivity index (χ1v) is 6.41. The van der Waals surface area contributed by atoms with E-state index in [2.05, 4.69) is 10.3 Å². The Hall–Kier alpha value is -2.76. The molecule has 21 heavy (non-hydrogen) atoms. The molecule has 1 N–H and O–H groups in total. The van der Waals surface area contributed by atoms with Crippen molar-refractivity contribution in [2.75, 3.05) is 11.9 Å². The molecule has 0 unspecified atom stereocenters. The summed E-state index contributed by atoms with van der Waals surface area (Å²) in [7, 11) is 0. The predicted octanol–water partition coefficient (Wildman–Crippen LogP) is 1.82. The van der Waals surface area contributed by atoms with Gasteiger partial charge in [0.15, 0.2) is 0 Å². The zero-order valence-corrected chi connectivity index (χ0v) is 11.0. The Bertz CT molecular complexity index is 718. The van der Waals surface area contributed by atoms with Gasteiger partial charge in [0.2, 0.25) is 5.91 Å². The van der Waals surface area contributed by atoms with Crippen LogP contribution in [-0.2, 0) is 11.3 Å². The molecule has 106 valence electrons. The van der Waals surface area contributed by atoms with Crippen LogP contribution in [0.4, 0.5) is 10.1 Å². The highest BCUT2D eigenvalue weighted by Gasteiger charge is 2.24. The van der Waals surface area contributed by atoms with E-state index >= 15 is 0 Å². The molecule has 2 heterocycles. The minimum Gasteiger partial charge on any atom is -0.325 e. The minimum absolute atomic E-state index is 0.0793. The predicted molar refractivity (Wildman–Crippen MR) is 74.0 cm³/mol. The van der Waals surface area contributed by atoms with Crippen LogP contribution in [0.3, 0.4) is 0 Å². The average Bonchev–Trinajstić information content (AvgIpc) is 2.64.